The van der Waals surface area contributed by atoms with Crippen molar-refractivity contribution in [3.63, 3.8) is 0 Å². The summed E-state index contributed by atoms with van der Waals surface area (Å²) in [5.41, 5.74) is 7.78. The summed E-state index contributed by atoms with van der Waals surface area (Å²) >= 11 is 0. The van der Waals surface area contributed by atoms with Crippen molar-refractivity contribution in [1.29, 1.82) is 0 Å². The van der Waals surface area contributed by atoms with Gasteiger partial charge >= 0.3 is 6.09 Å². The predicted octanol–water partition coefficient (Wildman–Crippen LogP) is 1.31. The van der Waals surface area contributed by atoms with E-state index in [0.717, 1.165) is 5.56 Å². The molecule has 1 fully saturated rings. The number of carbonyl (C=O) groups is 1. The molecule has 8 nitrogen and oxygen atoms in total. The lowest BCUT2D eigenvalue weighted by atomic mass is 9.88. The number of hydrogen-bond donors (Lipinski definition) is 1. The lowest BCUT2D eigenvalue weighted by Gasteiger charge is -2.31. The van der Waals surface area contributed by atoms with Crippen LogP contribution in [0.1, 0.15) is 18.4 Å². The third-order valence-corrected chi connectivity index (χ3v) is 4.66. The number of hydrazone groups is 1. The van der Waals surface area contributed by atoms with Crippen molar-refractivity contribution in [1.82, 2.24) is 10.1 Å². The van der Waals surface area contributed by atoms with Crippen LogP contribution >= 0.6 is 0 Å². The number of nitrogens with two attached hydrogens (primary N) is 1. The number of benzene rings is 1. The molecule has 138 valence electrons. The van der Waals surface area contributed by atoms with E-state index in [0.29, 0.717) is 37.2 Å². The molecule has 1 amide bonds. The van der Waals surface area contributed by atoms with Gasteiger partial charge in [-0.15, -0.1) is 5.17 Å². The van der Waals surface area contributed by atoms with Crippen LogP contribution in [0, 0.1) is 5.92 Å². The van der Waals surface area contributed by atoms with Crippen LogP contribution in [-0.4, -0.2) is 54.2 Å². The molecule has 0 bridgehead atoms. The number of likely N-dealkylation sites (tertiary alicyclic amines) is 1. The lowest BCUT2D eigenvalue weighted by Crippen LogP contribution is -2.41. The molecule has 1 aromatic rings. The van der Waals surface area contributed by atoms with Crippen LogP contribution in [0.4, 0.5) is 4.79 Å². The second-order valence-corrected chi connectivity index (χ2v) is 6.23. The van der Waals surface area contributed by atoms with Gasteiger partial charge in [-0.3, -0.25) is 4.84 Å². The zero-order valence-corrected chi connectivity index (χ0v) is 14.6. The maximum atomic E-state index is 12.2. The van der Waals surface area contributed by atoms with Gasteiger partial charge < -0.3 is 15.4 Å². The fourth-order valence-corrected chi connectivity index (χ4v) is 3.20. The Morgan fingerprint density at radius 1 is 1.31 bits per heavy atom. The van der Waals surface area contributed by atoms with Gasteiger partial charge in [-0.1, -0.05) is 30.3 Å². The molecule has 0 aromatic heterocycles. The summed E-state index contributed by atoms with van der Waals surface area (Å²) in [5, 5.41) is 5.48. The van der Waals surface area contributed by atoms with Crippen molar-refractivity contribution in [2.24, 2.45) is 16.8 Å². The van der Waals surface area contributed by atoms with Gasteiger partial charge in [0.15, 0.2) is 6.17 Å². The average Bonchev–Trinajstić information content (AvgIpc) is 3.02. The molecular weight excluding hydrogens is 336 g/mol. The molecule has 2 heterocycles. The van der Waals surface area contributed by atoms with E-state index in [-0.39, 0.29) is 18.6 Å². The summed E-state index contributed by atoms with van der Waals surface area (Å²) < 4.78 is 5.36. The molecule has 1 unspecified atom stereocenters. The zero-order chi connectivity index (χ0) is 18.5. The first-order valence-electron chi connectivity index (χ1n) is 8.52. The molecule has 2 aliphatic rings. The number of hydroxylamine groups is 1. The Hall–Kier alpha value is -2.67. The molecule has 2 N–H and O–H groups in total. The minimum absolute atomic E-state index is 0.0378. The van der Waals surface area contributed by atoms with Crippen LogP contribution in [0.15, 0.2) is 41.0 Å². The van der Waals surface area contributed by atoms with E-state index in [9.17, 15) is 9.59 Å². The summed E-state index contributed by atoms with van der Waals surface area (Å²) in [4.78, 5) is 30.2. The van der Waals surface area contributed by atoms with Crippen LogP contribution in [-0.2, 0) is 21.0 Å². The van der Waals surface area contributed by atoms with E-state index in [1.807, 2.05) is 36.3 Å². The number of ether oxygens (including phenoxy) is 1. The van der Waals surface area contributed by atoms with E-state index in [1.165, 1.54) is 12.3 Å². The average molecular weight is 358 g/mol. The summed E-state index contributed by atoms with van der Waals surface area (Å²) in [6, 6.07) is 9.55. The minimum atomic E-state index is -0.735. The van der Waals surface area contributed by atoms with Crippen molar-refractivity contribution in [3.05, 3.63) is 41.5 Å². The molecule has 26 heavy (non-hydrogen) atoms. The predicted molar refractivity (Wildman–Crippen MR) is 94.4 cm³/mol. The van der Waals surface area contributed by atoms with Gasteiger partial charge in [-0.25, -0.2) is 9.59 Å². The second kappa shape index (κ2) is 8.14. The summed E-state index contributed by atoms with van der Waals surface area (Å²) in [6.07, 6.45) is 0.284. The normalized spacial score (nSPS) is 20.8. The summed E-state index contributed by atoms with van der Waals surface area (Å²) in [6.45, 7) is 1.32. The molecule has 3 rings (SSSR count). The highest BCUT2D eigenvalue weighted by Crippen LogP contribution is 2.28. The highest BCUT2D eigenvalue weighted by Gasteiger charge is 2.37. The van der Waals surface area contributed by atoms with Gasteiger partial charge in [-0.2, -0.15) is 5.10 Å². The lowest BCUT2D eigenvalue weighted by molar-refractivity contribution is -0.144. The minimum Gasteiger partial charge on any atom is -0.445 e. The number of rotatable bonds is 4. The third-order valence-electron chi connectivity index (χ3n) is 4.66. The molecule has 1 aromatic carbocycles. The summed E-state index contributed by atoms with van der Waals surface area (Å²) in [7, 11) is 1.44. The highest BCUT2D eigenvalue weighted by atomic mass is 16.7. The van der Waals surface area contributed by atoms with E-state index in [1.54, 1.807) is 4.90 Å². The fraction of sp³-hybridized carbons (Fsp3) is 0.444. The van der Waals surface area contributed by atoms with Crippen molar-refractivity contribution in [3.8, 4) is 0 Å². The molecule has 1 saturated heterocycles. The number of amides is 1. The molecule has 0 spiro atoms. The van der Waals surface area contributed by atoms with E-state index >= 15 is 0 Å². The van der Waals surface area contributed by atoms with E-state index < -0.39 is 6.17 Å². The number of carbonyl (C=O) groups excluding carboxylic acids is 2. The Bertz CT molecular complexity index is 722. The molecule has 2 aliphatic heterocycles. The quantitative estimate of drug-likeness (QED) is 0.815. The standard InChI is InChI=1S/C18H22N4O4/c1-25-22-17(19)15(11-23)16(20-22)14-7-9-21(10-8-14)18(24)26-12-13-5-3-2-4-6-13/h2-6,14,17H,7-10,12,19H2,1H3. The van der Waals surface area contributed by atoms with Crippen molar-refractivity contribution in [2.75, 3.05) is 20.2 Å². The van der Waals surface area contributed by atoms with Gasteiger partial charge in [0.25, 0.3) is 0 Å². The fourth-order valence-electron chi connectivity index (χ4n) is 3.20. The summed E-state index contributed by atoms with van der Waals surface area (Å²) in [5.74, 6) is 1.92. The third kappa shape index (κ3) is 3.77. The molecular formula is C18H22N4O4. The van der Waals surface area contributed by atoms with Crippen LogP contribution < -0.4 is 5.73 Å². The van der Waals surface area contributed by atoms with Crippen LogP contribution in [0.5, 0.6) is 0 Å². The Kier molecular flexibility index (Phi) is 5.68. The first kappa shape index (κ1) is 18.1. The molecule has 0 saturated carbocycles. The second-order valence-electron chi connectivity index (χ2n) is 6.23. The number of nitrogens with zero attached hydrogens (tertiary/aromatic N) is 3. The maximum absolute atomic E-state index is 12.2. The number of hydrogen-bond acceptors (Lipinski definition) is 7. The molecule has 1 atom stereocenters. The Morgan fingerprint density at radius 2 is 2.00 bits per heavy atom. The van der Waals surface area contributed by atoms with Crippen LogP contribution in [0.3, 0.4) is 0 Å². The molecule has 8 heteroatoms. The van der Waals surface area contributed by atoms with Crippen LogP contribution in [0.2, 0.25) is 0 Å². The Labute approximate surface area is 151 Å². The smallest absolute Gasteiger partial charge is 0.410 e. The number of piperidine rings is 1. The van der Waals surface area contributed by atoms with Gasteiger partial charge in [0.2, 0.25) is 0 Å². The van der Waals surface area contributed by atoms with Crippen LogP contribution in [0.25, 0.3) is 0 Å². The van der Waals surface area contributed by atoms with E-state index in [4.69, 9.17) is 15.3 Å². The monoisotopic (exact) mass is 358 g/mol. The highest BCUT2D eigenvalue weighted by molar-refractivity contribution is 6.09. The topological polar surface area (TPSA) is 97.5 Å². The first-order valence-corrected chi connectivity index (χ1v) is 8.52. The molecule has 0 aliphatic carbocycles. The zero-order valence-electron chi connectivity index (χ0n) is 14.6. The molecule has 0 radical (unpaired) electrons. The Morgan fingerprint density at radius 3 is 2.62 bits per heavy atom. The Balaban J connectivity index is 1.54. The maximum Gasteiger partial charge on any atom is 0.410 e. The van der Waals surface area contributed by atoms with Crippen molar-refractivity contribution in [2.45, 2.75) is 25.6 Å². The van der Waals surface area contributed by atoms with Crippen molar-refractivity contribution < 1.29 is 19.2 Å². The van der Waals surface area contributed by atoms with Gasteiger partial charge in [0.05, 0.1) is 12.8 Å². The largest absolute Gasteiger partial charge is 0.445 e. The van der Waals surface area contributed by atoms with E-state index in [2.05, 4.69) is 5.10 Å². The van der Waals surface area contributed by atoms with Crippen molar-refractivity contribution >= 4 is 17.7 Å². The SMILES string of the molecule is CON1N=C(C2CCN(C(=O)OCc3ccccc3)CC2)C(=C=O)C1N. The van der Waals surface area contributed by atoms with Gasteiger partial charge in [0, 0.05) is 19.0 Å². The van der Waals surface area contributed by atoms with Gasteiger partial charge in [0.1, 0.15) is 18.1 Å². The first-order chi connectivity index (χ1) is 12.6. The van der Waals surface area contributed by atoms with Gasteiger partial charge in [-0.05, 0) is 18.4 Å².